The number of anilines is 2. The van der Waals surface area contributed by atoms with Crippen molar-refractivity contribution in [3.05, 3.63) is 53.6 Å². The van der Waals surface area contributed by atoms with Crippen molar-refractivity contribution in [2.75, 3.05) is 43.1 Å². The van der Waals surface area contributed by atoms with Crippen LogP contribution < -0.4 is 15.7 Å². The Kier molecular flexibility index (Phi) is 4.92. The third kappa shape index (κ3) is 3.60. The average Bonchev–Trinajstić information content (AvgIpc) is 2.69. The molecule has 0 spiro atoms. The van der Waals surface area contributed by atoms with Crippen LogP contribution in [0.1, 0.15) is 15.9 Å². The van der Waals surface area contributed by atoms with Crippen molar-refractivity contribution < 1.29 is 19.2 Å². The van der Waals surface area contributed by atoms with Crippen molar-refractivity contribution in [2.24, 2.45) is 0 Å². The summed E-state index contributed by atoms with van der Waals surface area (Å²) >= 11 is 0. The molecule has 0 radical (unpaired) electrons. The smallest absolute Gasteiger partial charge is 0.423 e. The topological polar surface area (TPSA) is 71.0 Å². The van der Waals surface area contributed by atoms with Gasteiger partial charge in [0, 0.05) is 36.6 Å². The molecule has 4 rings (SSSR count). The Morgan fingerprint density at radius 1 is 1.08 bits per heavy atom. The number of morpholine rings is 1. The monoisotopic (exact) mass is 352 g/mol. The lowest BCUT2D eigenvalue weighted by molar-refractivity contribution is 0.102. The molecule has 7 heteroatoms. The van der Waals surface area contributed by atoms with Crippen LogP contribution in [0.4, 0.5) is 11.4 Å². The molecule has 1 saturated heterocycles. The zero-order valence-corrected chi connectivity index (χ0v) is 14.5. The first-order valence-corrected chi connectivity index (χ1v) is 8.87. The molecule has 26 heavy (non-hydrogen) atoms. The van der Waals surface area contributed by atoms with Gasteiger partial charge in [-0.25, -0.2) is 0 Å². The van der Waals surface area contributed by atoms with Crippen molar-refractivity contribution in [1.29, 1.82) is 0 Å². The molecule has 6 nitrogen and oxygen atoms in total. The van der Waals surface area contributed by atoms with Crippen LogP contribution in [-0.2, 0) is 15.8 Å². The van der Waals surface area contributed by atoms with Crippen molar-refractivity contribution in [1.82, 2.24) is 0 Å². The number of nitrogens with zero attached hydrogens (tertiary/aromatic N) is 1. The van der Waals surface area contributed by atoms with E-state index in [0.29, 0.717) is 17.9 Å². The van der Waals surface area contributed by atoms with Gasteiger partial charge in [-0.15, -0.1) is 0 Å². The number of carbonyl (C=O) groups excluding carboxylic acids is 1. The van der Waals surface area contributed by atoms with Crippen LogP contribution in [0.2, 0.25) is 0 Å². The maximum atomic E-state index is 12.5. The summed E-state index contributed by atoms with van der Waals surface area (Å²) in [6, 6.07) is 13.1. The van der Waals surface area contributed by atoms with E-state index in [1.165, 1.54) is 0 Å². The first-order valence-electron chi connectivity index (χ1n) is 8.87. The minimum atomic E-state index is -0.927. The molecule has 2 aliphatic rings. The SMILES string of the molecule is O=C(Nc1ccc2c(c1)B(O)OCC2)c1ccc(N2CCOCC2)cc1. The van der Waals surface area contributed by atoms with E-state index >= 15 is 0 Å². The van der Waals surface area contributed by atoms with E-state index in [1.54, 1.807) is 6.07 Å². The summed E-state index contributed by atoms with van der Waals surface area (Å²) in [7, 11) is -0.927. The minimum Gasteiger partial charge on any atom is -0.423 e. The van der Waals surface area contributed by atoms with E-state index in [9.17, 15) is 9.82 Å². The van der Waals surface area contributed by atoms with Gasteiger partial charge in [0.15, 0.2) is 0 Å². The molecule has 2 heterocycles. The fraction of sp³-hybridized carbons (Fsp3) is 0.316. The lowest BCUT2D eigenvalue weighted by Gasteiger charge is -2.28. The molecule has 0 saturated carbocycles. The quantitative estimate of drug-likeness (QED) is 0.808. The Morgan fingerprint density at radius 2 is 1.85 bits per heavy atom. The first kappa shape index (κ1) is 17.1. The lowest BCUT2D eigenvalue weighted by Crippen LogP contribution is -2.41. The first-order chi connectivity index (χ1) is 12.7. The molecule has 2 aromatic rings. The number of hydrogen-bond acceptors (Lipinski definition) is 5. The van der Waals surface area contributed by atoms with E-state index in [4.69, 9.17) is 9.39 Å². The molecule has 0 aromatic heterocycles. The number of amides is 1. The van der Waals surface area contributed by atoms with Gasteiger partial charge in [-0.2, -0.15) is 0 Å². The van der Waals surface area contributed by atoms with Gasteiger partial charge in [-0.05, 0) is 53.8 Å². The number of fused-ring (bicyclic) bond motifs is 1. The second kappa shape index (κ2) is 7.49. The van der Waals surface area contributed by atoms with Crippen LogP contribution in [0.25, 0.3) is 0 Å². The molecule has 0 aliphatic carbocycles. The predicted molar refractivity (Wildman–Crippen MR) is 101 cm³/mol. The highest BCUT2D eigenvalue weighted by molar-refractivity contribution is 6.61. The molecule has 2 aliphatic heterocycles. The number of carbonyl (C=O) groups is 1. The van der Waals surface area contributed by atoms with E-state index in [1.807, 2.05) is 36.4 Å². The van der Waals surface area contributed by atoms with Crippen LogP contribution in [0.15, 0.2) is 42.5 Å². The summed E-state index contributed by atoms with van der Waals surface area (Å²) in [5.41, 5.74) is 4.11. The summed E-state index contributed by atoms with van der Waals surface area (Å²) in [5, 5.41) is 12.8. The lowest BCUT2D eigenvalue weighted by atomic mass is 9.73. The van der Waals surface area contributed by atoms with Gasteiger partial charge >= 0.3 is 7.12 Å². The van der Waals surface area contributed by atoms with Crippen molar-refractivity contribution in [3.8, 4) is 0 Å². The summed E-state index contributed by atoms with van der Waals surface area (Å²) < 4.78 is 10.6. The normalized spacial score (nSPS) is 17.0. The molecule has 134 valence electrons. The molecule has 2 aromatic carbocycles. The zero-order valence-electron chi connectivity index (χ0n) is 14.5. The summed E-state index contributed by atoms with van der Waals surface area (Å²) in [6.45, 7) is 3.71. The van der Waals surface area contributed by atoms with Gasteiger partial charge in [-0.3, -0.25) is 4.79 Å². The maximum absolute atomic E-state index is 12.5. The summed E-state index contributed by atoms with van der Waals surface area (Å²) in [5.74, 6) is -0.176. The summed E-state index contributed by atoms with van der Waals surface area (Å²) in [6.07, 6.45) is 0.767. The highest BCUT2D eigenvalue weighted by Gasteiger charge is 2.25. The van der Waals surface area contributed by atoms with Gasteiger partial charge in [-0.1, -0.05) is 6.07 Å². The Bertz CT molecular complexity index is 791. The number of rotatable bonds is 3. The van der Waals surface area contributed by atoms with Crippen LogP contribution >= 0.6 is 0 Å². The molecule has 0 bridgehead atoms. The standard InChI is InChI=1S/C19H21BN2O4/c23-19(15-2-5-17(6-3-15)22-8-11-25-12-9-22)21-16-4-1-14-7-10-26-20(24)18(14)13-16/h1-6,13,24H,7-12H2,(H,21,23). The van der Waals surface area contributed by atoms with E-state index < -0.39 is 7.12 Å². The van der Waals surface area contributed by atoms with E-state index in [2.05, 4.69) is 10.2 Å². The Labute approximate surface area is 152 Å². The zero-order chi connectivity index (χ0) is 17.9. The highest BCUT2D eigenvalue weighted by Crippen LogP contribution is 2.18. The van der Waals surface area contributed by atoms with Gasteiger partial charge in [0.1, 0.15) is 0 Å². The second-order valence-electron chi connectivity index (χ2n) is 6.49. The third-order valence-electron chi connectivity index (χ3n) is 4.82. The predicted octanol–water partition coefficient (Wildman–Crippen LogP) is 1.04. The fourth-order valence-electron chi connectivity index (χ4n) is 3.35. The molecule has 1 fully saturated rings. The Morgan fingerprint density at radius 3 is 2.62 bits per heavy atom. The van der Waals surface area contributed by atoms with Gasteiger partial charge in [0.25, 0.3) is 5.91 Å². The Balaban J connectivity index is 1.45. The van der Waals surface area contributed by atoms with Gasteiger partial charge in [0.2, 0.25) is 0 Å². The van der Waals surface area contributed by atoms with Crippen molar-refractivity contribution in [3.63, 3.8) is 0 Å². The van der Waals surface area contributed by atoms with Crippen LogP contribution in [0.3, 0.4) is 0 Å². The van der Waals surface area contributed by atoms with Crippen molar-refractivity contribution in [2.45, 2.75) is 6.42 Å². The average molecular weight is 352 g/mol. The van der Waals surface area contributed by atoms with E-state index in [0.717, 1.165) is 49.4 Å². The summed E-state index contributed by atoms with van der Waals surface area (Å²) in [4.78, 5) is 14.8. The fourth-order valence-corrected chi connectivity index (χ4v) is 3.35. The molecule has 0 atom stereocenters. The van der Waals surface area contributed by atoms with Crippen molar-refractivity contribution >= 4 is 29.9 Å². The Hall–Kier alpha value is -2.35. The largest absolute Gasteiger partial charge is 0.491 e. The van der Waals surface area contributed by atoms with Crippen LogP contribution in [0.5, 0.6) is 0 Å². The number of hydrogen-bond donors (Lipinski definition) is 2. The third-order valence-corrected chi connectivity index (χ3v) is 4.82. The van der Waals surface area contributed by atoms with Crippen LogP contribution in [-0.4, -0.2) is 51.0 Å². The number of ether oxygens (including phenoxy) is 1. The number of nitrogens with one attached hydrogen (secondary N) is 1. The molecule has 0 unspecified atom stereocenters. The maximum Gasteiger partial charge on any atom is 0.491 e. The highest BCUT2D eigenvalue weighted by atomic mass is 16.5. The van der Waals surface area contributed by atoms with Crippen LogP contribution in [0, 0.1) is 0 Å². The minimum absolute atomic E-state index is 0.176. The van der Waals surface area contributed by atoms with Gasteiger partial charge < -0.3 is 24.6 Å². The van der Waals surface area contributed by atoms with E-state index in [-0.39, 0.29) is 5.91 Å². The second-order valence-corrected chi connectivity index (χ2v) is 6.49. The number of benzene rings is 2. The molecule has 2 N–H and O–H groups in total. The molecular formula is C19H21BN2O4. The molecule has 1 amide bonds. The van der Waals surface area contributed by atoms with Gasteiger partial charge in [0.05, 0.1) is 13.2 Å². The molecular weight excluding hydrogens is 331 g/mol.